The van der Waals surface area contributed by atoms with Crippen LogP contribution in [0.15, 0.2) is 23.1 Å². The molecule has 0 spiro atoms. The first-order chi connectivity index (χ1) is 12.3. The highest BCUT2D eigenvalue weighted by Crippen LogP contribution is 2.35. The minimum atomic E-state index is -3.76. The monoisotopic (exact) mass is 389 g/mol. The molecule has 0 heterocycles. The average Bonchev–Trinajstić information content (AvgIpc) is 2.57. The molecule has 0 saturated heterocycles. The standard InChI is InChI=1S/C22H31NO3S/c1-13-14(2)16(4)21(17(5)15(13)3)27(24,25)23-19-12-18(22(6,7)8)10-11-20(19)26-9/h10-12,23H,1-9H3. The SMILES string of the molecule is COc1ccc(C(C)(C)C)cc1NS(=O)(=O)c1c(C)c(C)c(C)c(C)c1C. The number of anilines is 1. The minimum Gasteiger partial charge on any atom is -0.495 e. The molecule has 148 valence electrons. The van der Waals surface area contributed by atoms with Gasteiger partial charge in [0.2, 0.25) is 0 Å². The molecule has 0 bridgehead atoms. The van der Waals surface area contributed by atoms with Gasteiger partial charge in [0, 0.05) is 0 Å². The van der Waals surface area contributed by atoms with Gasteiger partial charge < -0.3 is 4.74 Å². The van der Waals surface area contributed by atoms with Crippen LogP contribution in [0, 0.1) is 34.6 Å². The van der Waals surface area contributed by atoms with E-state index in [1.165, 1.54) is 0 Å². The molecule has 0 atom stereocenters. The van der Waals surface area contributed by atoms with E-state index in [0.717, 1.165) is 33.4 Å². The van der Waals surface area contributed by atoms with E-state index in [1.807, 2.05) is 52.8 Å². The second-order valence-electron chi connectivity index (χ2n) is 8.22. The highest BCUT2D eigenvalue weighted by atomic mass is 32.2. The highest BCUT2D eigenvalue weighted by Gasteiger charge is 2.25. The van der Waals surface area contributed by atoms with Gasteiger partial charge in [-0.2, -0.15) is 0 Å². The van der Waals surface area contributed by atoms with Crippen molar-refractivity contribution in [2.24, 2.45) is 0 Å². The Morgan fingerprint density at radius 2 is 1.33 bits per heavy atom. The van der Waals surface area contributed by atoms with Crippen LogP contribution in [0.1, 0.15) is 54.2 Å². The molecule has 0 aliphatic carbocycles. The number of hydrogen-bond acceptors (Lipinski definition) is 3. The van der Waals surface area contributed by atoms with Crippen LogP contribution in [0.3, 0.4) is 0 Å². The number of nitrogens with one attached hydrogen (secondary N) is 1. The van der Waals surface area contributed by atoms with Gasteiger partial charge in [-0.05, 0) is 85.5 Å². The van der Waals surface area contributed by atoms with E-state index in [4.69, 9.17) is 4.74 Å². The molecule has 0 aromatic heterocycles. The van der Waals surface area contributed by atoms with Crippen molar-refractivity contribution in [3.05, 3.63) is 51.6 Å². The molecule has 1 N–H and O–H groups in total. The zero-order valence-corrected chi connectivity index (χ0v) is 18.7. The summed E-state index contributed by atoms with van der Waals surface area (Å²) in [6.07, 6.45) is 0. The zero-order chi connectivity index (χ0) is 20.7. The molecule has 5 heteroatoms. The molecule has 27 heavy (non-hydrogen) atoms. The van der Waals surface area contributed by atoms with Crippen LogP contribution >= 0.6 is 0 Å². The Balaban J connectivity index is 2.65. The molecular weight excluding hydrogens is 358 g/mol. The van der Waals surface area contributed by atoms with Gasteiger partial charge in [0.05, 0.1) is 17.7 Å². The number of ether oxygens (including phenoxy) is 1. The summed E-state index contributed by atoms with van der Waals surface area (Å²) in [5, 5.41) is 0. The third-order valence-corrected chi connectivity index (χ3v) is 7.15. The van der Waals surface area contributed by atoms with Crippen LogP contribution in [-0.4, -0.2) is 15.5 Å². The molecule has 2 aromatic rings. The maximum Gasteiger partial charge on any atom is 0.262 e. The van der Waals surface area contributed by atoms with Crippen molar-refractivity contribution in [1.29, 1.82) is 0 Å². The summed E-state index contributed by atoms with van der Waals surface area (Å²) in [6, 6.07) is 5.63. The van der Waals surface area contributed by atoms with Gasteiger partial charge in [-0.25, -0.2) is 8.42 Å². The molecule has 2 aromatic carbocycles. The van der Waals surface area contributed by atoms with Crippen LogP contribution in [0.4, 0.5) is 5.69 Å². The van der Waals surface area contributed by atoms with Crippen LogP contribution < -0.4 is 9.46 Å². The Kier molecular flexibility index (Phi) is 5.67. The molecule has 0 fully saturated rings. The first-order valence-corrected chi connectivity index (χ1v) is 10.6. The largest absolute Gasteiger partial charge is 0.495 e. The van der Waals surface area contributed by atoms with Gasteiger partial charge >= 0.3 is 0 Å². The number of rotatable bonds is 4. The molecule has 2 rings (SSSR count). The molecule has 0 radical (unpaired) electrons. The van der Waals surface area contributed by atoms with Gasteiger partial charge in [-0.1, -0.05) is 26.8 Å². The van der Waals surface area contributed by atoms with Gasteiger partial charge in [-0.3, -0.25) is 4.72 Å². The highest BCUT2D eigenvalue weighted by molar-refractivity contribution is 7.92. The van der Waals surface area contributed by atoms with Gasteiger partial charge in [-0.15, -0.1) is 0 Å². The zero-order valence-electron chi connectivity index (χ0n) is 17.9. The van der Waals surface area contributed by atoms with Crippen molar-refractivity contribution in [3.63, 3.8) is 0 Å². The van der Waals surface area contributed by atoms with E-state index in [-0.39, 0.29) is 5.41 Å². The van der Waals surface area contributed by atoms with Crippen LogP contribution in [-0.2, 0) is 15.4 Å². The normalized spacial score (nSPS) is 12.2. The Bertz CT molecular complexity index is 955. The van der Waals surface area contributed by atoms with E-state index in [9.17, 15) is 8.42 Å². The Labute approximate surface area is 164 Å². The van der Waals surface area contributed by atoms with Crippen LogP contribution in [0.25, 0.3) is 0 Å². The Hall–Kier alpha value is -2.01. The van der Waals surface area contributed by atoms with Crippen LogP contribution in [0.5, 0.6) is 5.75 Å². The third-order valence-electron chi connectivity index (χ3n) is 5.51. The lowest BCUT2D eigenvalue weighted by Crippen LogP contribution is -2.19. The van der Waals surface area contributed by atoms with E-state index < -0.39 is 10.0 Å². The predicted molar refractivity (Wildman–Crippen MR) is 113 cm³/mol. The maximum atomic E-state index is 13.3. The number of methoxy groups -OCH3 is 1. The number of benzene rings is 2. The van der Waals surface area contributed by atoms with Gasteiger partial charge in [0.15, 0.2) is 0 Å². The second kappa shape index (κ2) is 7.19. The fourth-order valence-corrected chi connectivity index (χ4v) is 4.98. The fraction of sp³-hybridized carbons (Fsp3) is 0.455. The summed E-state index contributed by atoms with van der Waals surface area (Å²) < 4.78 is 34.8. The first-order valence-electron chi connectivity index (χ1n) is 9.09. The summed E-state index contributed by atoms with van der Waals surface area (Å²) in [7, 11) is -2.22. The Morgan fingerprint density at radius 1 is 0.852 bits per heavy atom. The predicted octanol–water partition coefficient (Wildman–Crippen LogP) is 5.34. The minimum absolute atomic E-state index is 0.102. The summed E-state index contributed by atoms with van der Waals surface area (Å²) in [6.45, 7) is 16.0. The molecular formula is C22H31NO3S. The number of sulfonamides is 1. The number of hydrogen-bond donors (Lipinski definition) is 1. The molecule has 0 aliphatic rings. The van der Waals surface area contributed by atoms with Crippen molar-refractivity contribution in [2.75, 3.05) is 11.8 Å². The van der Waals surface area contributed by atoms with Crippen molar-refractivity contribution >= 4 is 15.7 Å². The average molecular weight is 390 g/mol. The molecule has 0 unspecified atom stereocenters. The third kappa shape index (κ3) is 3.98. The topological polar surface area (TPSA) is 55.4 Å². The molecule has 0 aliphatic heterocycles. The van der Waals surface area contributed by atoms with E-state index in [0.29, 0.717) is 16.3 Å². The lowest BCUT2D eigenvalue weighted by Gasteiger charge is -2.23. The van der Waals surface area contributed by atoms with Crippen molar-refractivity contribution in [3.8, 4) is 5.75 Å². The molecule has 0 saturated carbocycles. The Morgan fingerprint density at radius 3 is 1.78 bits per heavy atom. The maximum absolute atomic E-state index is 13.3. The van der Waals surface area contributed by atoms with E-state index >= 15 is 0 Å². The summed E-state index contributed by atoms with van der Waals surface area (Å²) in [4.78, 5) is 0.353. The van der Waals surface area contributed by atoms with E-state index in [1.54, 1.807) is 7.11 Å². The molecule has 0 amide bonds. The van der Waals surface area contributed by atoms with E-state index in [2.05, 4.69) is 25.5 Å². The van der Waals surface area contributed by atoms with Crippen molar-refractivity contribution in [1.82, 2.24) is 0 Å². The quantitative estimate of drug-likeness (QED) is 0.768. The summed E-state index contributed by atoms with van der Waals surface area (Å²) in [5.74, 6) is 0.502. The first kappa shape index (κ1) is 21.3. The van der Waals surface area contributed by atoms with Crippen molar-refractivity contribution in [2.45, 2.75) is 65.7 Å². The van der Waals surface area contributed by atoms with Crippen molar-refractivity contribution < 1.29 is 13.2 Å². The second-order valence-corrected chi connectivity index (χ2v) is 9.84. The summed E-state index contributed by atoms with van der Waals surface area (Å²) in [5.41, 5.74) is 6.11. The lowest BCUT2D eigenvalue weighted by molar-refractivity contribution is 0.416. The van der Waals surface area contributed by atoms with Gasteiger partial charge in [0.25, 0.3) is 10.0 Å². The smallest absolute Gasteiger partial charge is 0.262 e. The fourth-order valence-electron chi connectivity index (χ4n) is 3.32. The van der Waals surface area contributed by atoms with Gasteiger partial charge in [0.1, 0.15) is 5.75 Å². The van der Waals surface area contributed by atoms with Crippen LogP contribution in [0.2, 0.25) is 0 Å². The summed E-state index contributed by atoms with van der Waals surface area (Å²) >= 11 is 0. The molecule has 4 nitrogen and oxygen atoms in total. The lowest BCUT2D eigenvalue weighted by atomic mass is 9.87.